The first-order chi connectivity index (χ1) is 10.7. The van der Waals surface area contributed by atoms with Crippen molar-refractivity contribution in [2.24, 2.45) is 5.92 Å². The number of nitrogens with one attached hydrogen (secondary N) is 1. The van der Waals surface area contributed by atoms with Gasteiger partial charge in [-0.3, -0.25) is 0 Å². The largest absolute Gasteiger partial charge is 0.485 e. The van der Waals surface area contributed by atoms with Crippen LogP contribution in [0.2, 0.25) is 0 Å². The minimum absolute atomic E-state index is 0.0793. The highest BCUT2D eigenvalue weighted by Crippen LogP contribution is 2.42. The first-order valence-corrected chi connectivity index (χ1v) is 8.76. The van der Waals surface area contributed by atoms with Gasteiger partial charge in [-0.05, 0) is 38.1 Å². The maximum atomic E-state index is 6.34. The van der Waals surface area contributed by atoms with Gasteiger partial charge in [0.15, 0.2) is 11.3 Å². The van der Waals surface area contributed by atoms with Crippen molar-refractivity contribution in [3.8, 4) is 5.75 Å². The Morgan fingerprint density at radius 3 is 3.00 bits per heavy atom. The molecule has 5 heteroatoms. The van der Waals surface area contributed by atoms with Crippen molar-refractivity contribution < 1.29 is 9.15 Å². The molecule has 0 fully saturated rings. The van der Waals surface area contributed by atoms with Gasteiger partial charge in [0.05, 0.1) is 15.9 Å². The minimum Gasteiger partial charge on any atom is -0.485 e. The summed E-state index contributed by atoms with van der Waals surface area (Å²) in [5, 5.41) is 4.59. The van der Waals surface area contributed by atoms with E-state index in [4.69, 9.17) is 20.8 Å². The van der Waals surface area contributed by atoms with Crippen LogP contribution in [-0.2, 0) is 0 Å². The van der Waals surface area contributed by atoms with Crippen LogP contribution in [0.1, 0.15) is 13.3 Å². The smallest absolute Gasteiger partial charge is 0.175 e. The average Bonchev–Trinajstić information content (AvgIpc) is 3.10. The number of ether oxygens (including phenoxy) is 1. The molecule has 0 saturated carbocycles. The topological polar surface area (TPSA) is 34.4 Å². The van der Waals surface area contributed by atoms with E-state index >= 15 is 0 Å². The molecule has 0 amide bonds. The molecule has 3 rings (SSSR count). The van der Waals surface area contributed by atoms with E-state index in [0.29, 0.717) is 11.2 Å². The Bertz CT molecular complexity index is 669. The number of hydrogen-bond acceptors (Lipinski definition) is 4. The van der Waals surface area contributed by atoms with Crippen LogP contribution in [0.4, 0.5) is 0 Å². The lowest BCUT2D eigenvalue weighted by Gasteiger charge is -2.27. The molecule has 0 aliphatic carbocycles. The van der Waals surface area contributed by atoms with E-state index in [-0.39, 0.29) is 6.10 Å². The Balaban J connectivity index is 1.82. The third-order valence-corrected chi connectivity index (χ3v) is 5.69. The van der Waals surface area contributed by atoms with Gasteiger partial charge in [0.1, 0.15) is 6.10 Å². The molecule has 2 aromatic rings. The van der Waals surface area contributed by atoms with Gasteiger partial charge in [-0.1, -0.05) is 36.7 Å². The van der Waals surface area contributed by atoms with E-state index in [1.54, 1.807) is 18.0 Å². The fraction of sp³-hybridized carbons (Fsp3) is 0.412. The van der Waals surface area contributed by atoms with Crippen molar-refractivity contribution in [1.29, 1.82) is 0 Å². The molecule has 1 aliphatic rings. The maximum absolute atomic E-state index is 6.34. The van der Waals surface area contributed by atoms with Crippen LogP contribution in [0.3, 0.4) is 0 Å². The Morgan fingerprint density at radius 2 is 2.27 bits per heavy atom. The highest BCUT2D eigenvalue weighted by molar-refractivity contribution is 8.05. The molecule has 0 spiro atoms. The lowest BCUT2D eigenvalue weighted by Crippen LogP contribution is -2.34. The first kappa shape index (κ1) is 15.8. The molecule has 1 aromatic carbocycles. The molecular formula is C17H20ClNO2S. The molecule has 1 aliphatic heterocycles. The summed E-state index contributed by atoms with van der Waals surface area (Å²) in [5.41, 5.74) is 0.812. The normalized spacial score (nSPS) is 22.8. The summed E-state index contributed by atoms with van der Waals surface area (Å²) in [6.45, 7) is 3.09. The van der Waals surface area contributed by atoms with Crippen LogP contribution in [0, 0.1) is 5.92 Å². The first-order valence-electron chi connectivity index (χ1n) is 7.50. The van der Waals surface area contributed by atoms with E-state index in [1.807, 2.05) is 31.3 Å². The molecule has 0 bridgehead atoms. The van der Waals surface area contributed by atoms with Gasteiger partial charge in [-0.25, -0.2) is 0 Å². The number of allylic oxidation sites excluding steroid dienone is 1. The predicted octanol–water partition coefficient (Wildman–Crippen LogP) is 4.62. The maximum Gasteiger partial charge on any atom is 0.175 e. The summed E-state index contributed by atoms with van der Waals surface area (Å²) in [7, 11) is 1.96. The third kappa shape index (κ3) is 3.29. The van der Waals surface area contributed by atoms with E-state index in [9.17, 15) is 0 Å². The van der Waals surface area contributed by atoms with Crippen LogP contribution >= 0.6 is 23.4 Å². The lowest BCUT2D eigenvalue weighted by molar-refractivity contribution is 0.177. The van der Waals surface area contributed by atoms with Crippen molar-refractivity contribution >= 4 is 34.3 Å². The second-order valence-corrected chi connectivity index (χ2v) is 7.41. The molecule has 0 radical (unpaired) electrons. The van der Waals surface area contributed by atoms with Crippen molar-refractivity contribution in [2.75, 3.05) is 13.6 Å². The number of para-hydroxylation sites is 1. The zero-order valence-electron chi connectivity index (χ0n) is 12.7. The average molecular weight is 338 g/mol. The molecule has 0 saturated heterocycles. The number of fused-ring (bicyclic) bond motifs is 1. The Labute approximate surface area is 140 Å². The number of thioether (sulfide) groups is 1. The van der Waals surface area contributed by atoms with Gasteiger partial charge in [-0.2, -0.15) is 0 Å². The SMILES string of the molecule is CNCCC(Oc1cccc2ccoc12)C1SC(Cl)=CC1C. The van der Waals surface area contributed by atoms with Crippen LogP contribution < -0.4 is 10.1 Å². The van der Waals surface area contributed by atoms with Crippen LogP contribution in [0.5, 0.6) is 5.75 Å². The van der Waals surface area contributed by atoms with E-state index < -0.39 is 0 Å². The van der Waals surface area contributed by atoms with Crippen molar-refractivity contribution in [3.05, 3.63) is 41.0 Å². The molecular weight excluding hydrogens is 318 g/mol. The number of furan rings is 1. The van der Waals surface area contributed by atoms with Gasteiger partial charge in [0.2, 0.25) is 0 Å². The summed E-state index contributed by atoms with van der Waals surface area (Å²) in [6, 6.07) is 7.95. The summed E-state index contributed by atoms with van der Waals surface area (Å²) in [5.74, 6) is 1.20. The molecule has 2 heterocycles. The fourth-order valence-electron chi connectivity index (χ4n) is 2.79. The molecule has 22 heavy (non-hydrogen) atoms. The van der Waals surface area contributed by atoms with Crippen molar-refractivity contribution in [3.63, 3.8) is 0 Å². The Kier molecular flexibility index (Phi) is 5.01. The predicted molar refractivity (Wildman–Crippen MR) is 93.7 cm³/mol. The lowest BCUT2D eigenvalue weighted by atomic mass is 10.0. The second kappa shape index (κ2) is 6.99. The molecule has 1 aromatic heterocycles. The second-order valence-electron chi connectivity index (χ2n) is 5.56. The van der Waals surface area contributed by atoms with Crippen molar-refractivity contribution in [2.45, 2.75) is 24.7 Å². The van der Waals surface area contributed by atoms with Gasteiger partial charge in [0.25, 0.3) is 0 Å². The van der Waals surface area contributed by atoms with Gasteiger partial charge in [0, 0.05) is 5.39 Å². The Hall–Kier alpha value is -1.10. The summed E-state index contributed by atoms with van der Waals surface area (Å²) in [4.78, 5) is 0. The number of hydrogen-bond donors (Lipinski definition) is 1. The van der Waals surface area contributed by atoms with Crippen LogP contribution in [0.25, 0.3) is 11.0 Å². The molecule has 3 nitrogen and oxygen atoms in total. The zero-order valence-corrected chi connectivity index (χ0v) is 14.3. The van der Waals surface area contributed by atoms with Gasteiger partial charge in [-0.15, -0.1) is 11.8 Å². The standard InChI is InChI=1S/C17H20ClNO2S/c1-11-10-15(18)22-17(11)14(6-8-19-2)21-13-5-3-4-12-7-9-20-16(12)13/h3-5,7,9-11,14,17,19H,6,8H2,1-2H3. The van der Waals surface area contributed by atoms with Crippen LogP contribution in [-0.4, -0.2) is 24.9 Å². The van der Waals surface area contributed by atoms with E-state index in [2.05, 4.69) is 18.3 Å². The Morgan fingerprint density at radius 1 is 1.41 bits per heavy atom. The third-order valence-electron chi connectivity index (χ3n) is 3.93. The summed E-state index contributed by atoms with van der Waals surface area (Å²) >= 11 is 7.90. The monoisotopic (exact) mass is 337 g/mol. The highest BCUT2D eigenvalue weighted by atomic mass is 35.5. The summed E-state index contributed by atoms with van der Waals surface area (Å²) in [6.07, 6.45) is 4.81. The number of benzene rings is 1. The fourth-order valence-corrected chi connectivity index (χ4v) is 4.49. The summed E-state index contributed by atoms with van der Waals surface area (Å²) < 4.78 is 12.8. The molecule has 118 valence electrons. The molecule has 3 atom stereocenters. The van der Waals surface area contributed by atoms with E-state index in [1.165, 1.54) is 0 Å². The molecule has 3 unspecified atom stereocenters. The van der Waals surface area contributed by atoms with Crippen molar-refractivity contribution in [1.82, 2.24) is 5.32 Å². The zero-order chi connectivity index (χ0) is 15.5. The highest BCUT2D eigenvalue weighted by Gasteiger charge is 2.33. The van der Waals surface area contributed by atoms with Crippen LogP contribution in [0.15, 0.2) is 45.4 Å². The van der Waals surface area contributed by atoms with E-state index in [0.717, 1.165) is 34.0 Å². The number of rotatable bonds is 6. The van der Waals surface area contributed by atoms with Gasteiger partial charge >= 0.3 is 0 Å². The quantitative estimate of drug-likeness (QED) is 0.834. The van der Waals surface area contributed by atoms with Gasteiger partial charge < -0.3 is 14.5 Å². The minimum atomic E-state index is 0.0793. The number of halogens is 1. The molecule has 1 N–H and O–H groups in total.